The van der Waals surface area contributed by atoms with E-state index in [-0.39, 0.29) is 5.41 Å². The second-order valence-electron chi connectivity index (χ2n) is 8.85. The molecule has 4 rings (SSSR count). The van der Waals surface area contributed by atoms with Crippen molar-refractivity contribution in [1.82, 2.24) is 10.2 Å². The Labute approximate surface area is 162 Å². The van der Waals surface area contributed by atoms with Crippen LogP contribution in [0.25, 0.3) is 0 Å². The van der Waals surface area contributed by atoms with Crippen LogP contribution in [0.15, 0.2) is 30.3 Å². The van der Waals surface area contributed by atoms with E-state index in [4.69, 9.17) is 4.74 Å². The molecule has 5 nitrogen and oxygen atoms in total. The molecule has 2 aliphatic carbocycles. The molecule has 1 aliphatic heterocycles. The summed E-state index contributed by atoms with van der Waals surface area (Å²) in [6.07, 6.45) is 5.87. The van der Waals surface area contributed by atoms with Crippen LogP contribution in [0.2, 0.25) is 0 Å². The van der Waals surface area contributed by atoms with Crippen LogP contribution < -0.4 is 5.32 Å². The average Bonchev–Trinajstić information content (AvgIpc) is 3.41. The lowest BCUT2D eigenvalue weighted by Gasteiger charge is -2.52. The summed E-state index contributed by atoms with van der Waals surface area (Å²) in [6.45, 7) is 3.44. The topological polar surface area (TPSA) is 61.8 Å². The Morgan fingerprint density at radius 1 is 1.22 bits per heavy atom. The lowest BCUT2D eigenvalue weighted by Crippen LogP contribution is -2.63. The van der Waals surface area contributed by atoms with Gasteiger partial charge in [-0.25, -0.2) is 0 Å². The van der Waals surface area contributed by atoms with Crippen LogP contribution in [-0.4, -0.2) is 60.9 Å². The third-order valence-electron chi connectivity index (χ3n) is 7.22. The fraction of sp³-hybridized carbons (Fsp3) is 0.682. The Hall–Kier alpha value is -1.43. The van der Waals surface area contributed by atoms with Crippen molar-refractivity contribution in [2.45, 2.75) is 56.0 Å². The molecule has 1 heterocycles. The molecule has 2 saturated carbocycles. The first kappa shape index (κ1) is 18.9. The minimum Gasteiger partial charge on any atom is -0.480 e. The number of rotatable bonds is 8. The van der Waals surface area contributed by atoms with Gasteiger partial charge in [0, 0.05) is 31.0 Å². The molecule has 148 valence electrons. The van der Waals surface area contributed by atoms with Crippen molar-refractivity contribution in [2.24, 2.45) is 5.41 Å². The molecule has 2 atom stereocenters. The fourth-order valence-corrected chi connectivity index (χ4v) is 5.10. The van der Waals surface area contributed by atoms with Gasteiger partial charge in [-0.1, -0.05) is 30.3 Å². The Morgan fingerprint density at radius 3 is 2.48 bits per heavy atom. The minimum absolute atomic E-state index is 0.124. The van der Waals surface area contributed by atoms with E-state index in [0.717, 1.165) is 58.3 Å². The van der Waals surface area contributed by atoms with Crippen LogP contribution in [0.5, 0.6) is 0 Å². The van der Waals surface area contributed by atoms with Gasteiger partial charge in [-0.3, -0.25) is 9.69 Å². The van der Waals surface area contributed by atoms with Gasteiger partial charge in [0.1, 0.15) is 5.54 Å². The molecule has 1 aromatic rings. The summed E-state index contributed by atoms with van der Waals surface area (Å²) in [6, 6.07) is 11.3. The molecule has 0 spiro atoms. The third-order valence-corrected chi connectivity index (χ3v) is 7.22. The summed E-state index contributed by atoms with van der Waals surface area (Å²) in [4.78, 5) is 14.0. The van der Waals surface area contributed by atoms with Crippen molar-refractivity contribution in [1.29, 1.82) is 0 Å². The summed E-state index contributed by atoms with van der Waals surface area (Å²) in [5.41, 5.74) is 0.971. The zero-order valence-electron chi connectivity index (χ0n) is 16.3. The van der Waals surface area contributed by atoms with E-state index in [9.17, 15) is 9.90 Å². The molecule has 27 heavy (non-hydrogen) atoms. The standard InChI is InChI=1S/C22H32N2O3/c1-27-16-21(15-23-19-14-18(19)17-6-3-2-4-7-17)10-12-24(13-11-21)22(20(25)26)8-5-9-22/h2-4,6-7,18-19,23H,5,8-16H2,1H3,(H,25,26)/t18-,19+/m0/s1. The lowest BCUT2D eigenvalue weighted by atomic mass is 9.71. The van der Waals surface area contributed by atoms with Crippen molar-refractivity contribution in [3.63, 3.8) is 0 Å². The number of nitrogens with zero attached hydrogens (tertiary/aromatic N) is 1. The molecule has 0 unspecified atom stereocenters. The fourth-order valence-electron chi connectivity index (χ4n) is 5.10. The predicted molar refractivity (Wildman–Crippen MR) is 105 cm³/mol. The Bertz CT molecular complexity index is 651. The highest BCUT2D eigenvalue weighted by Gasteiger charge is 2.51. The van der Waals surface area contributed by atoms with Gasteiger partial charge in [0.25, 0.3) is 0 Å². The predicted octanol–water partition coefficient (Wildman–Crippen LogP) is 2.87. The van der Waals surface area contributed by atoms with Crippen molar-refractivity contribution in [3.8, 4) is 0 Å². The lowest BCUT2D eigenvalue weighted by molar-refractivity contribution is -0.161. The molecule has 0 amide bonds. The average molecular weight is 373 g/mol. The van der Waals surface area contributed by atoms with Gasteiger partial charge in [-0.15, -0.1) is 0 Å². The number of hydrogen-bond acceptors (Lipinski definition) is 4. The highest BCUT2D eigenvalue weighted by Crippen LogP contribution is 2.44. The Kier molecular flexibility index (Phi) is 5.28. The van der Waals surface area contributed by atoms with E-state index in [1.807, 2.05) is 0 Å². The Balaban J connectivity index is 1.33. The highest BCUT2D eigenvalue weighted by molar-refractivity contribution is 5.80. The van der Waals surface area contributed by atoms with Gasteiger partial charge in [-0.05, 0) is 57.2 Å². The van der Waals surface area contributed by atoms with Gasteiger partial charge < -0.3 is 15.2 Å². The van der Waals surface area contributed by atoms with Gasteiger partial charge in [0.05, 0.1) is 6.61 Å². The molecule has 3 aliphatic rings. The number of benzene rings is 1. The van der Waals surface area contributed by atoms with Crippen molar-refractivity contribution in [2.75, 3.05) is 33.4 Å². The molecule has 2 N–H and O–H groups in total. The maximum atomic E-state index is 11.8. The number of carboxylic acid groups (broad SMARTS) is 1. The molecular weight excluding hydrogens is 340 g/mol. The molecule has 5 heteroatoms. The number of carboxylic acids is 1. The van der Waals surface area contributed by atoms with Crippen molar-refractivity contribution >= 4 is 5.97 Å². The SMILES string of the molecule is COCC1(CN[C@@H]2C[C@H]2c2ccccc2)CCN(C2(C(=O)O)CCC2)CC1. The molecule has 1 aromatic carbocycles. The minimum atomic E-state index is -0.630. The van der Waals surface area contributed by atoms with Crippen LogP contribution in [0.3, 0.4) is 0 Å². The monoisotopic (exact) mass is 372 g/mol. The van der Waals surface area contributed by atoms with Gasteiger partial charge >= 0.3 is 5.97 Å². The van der Waals surface area contributed by atoms with E-state index in [1.54, 1.807) is 7.11 Å². The first-order valence-electron chi connectivity index (χ1n) is 10.3. The summed E-state index contributed by atoms with van der Waals surface area (Å²) in [5.74, 6) is 0.00550. The van der Waals surface area contributed by atoms with Crippen LogP contribution >= 0.6 is 0 Å². The first-order valence-corrected chi connectivity index (χ1v) is 10.3. The smallest absolute Gasteiger partial charge is 0.324 e. The normalized spacial score (nSPS) is 29.1. The van der Waals surface area contributed by atoms with Crippen LogP contribution in [-0.2, 0) is 9.53 Å². The van der Waals surface area contributed by atoms with E-state index in [0.29, 0.717) is 12.0 Å². The van der Waals surface area contributed by atoms with Crippen LogP contribution in [0, 0.1) is 5.41 Å². The zero-order valence-corrected chi connectivity index (χ0v) is 16.3. The van der Waals surface area contributed by atoms with Crippen LogP contribution in [0.4, 0.5) is 0 Å². The molecule has 0 bridgehead atoms. The summed E-state index contributed by atoms with van der Waals surface area (Å²) in [5, 5.41) is 13.5. The number of piperidine rings is 1. The van der Waals surface area contributed by atoms with E-state index < -0.39 is 11.5 Å². The number of nitrogens with one attached hydrogen (secondary N) is 1. The largest absolute Gasteiger partial charge is 0.480 e. The van der Waals surface area contributed by atoms with Crippen molar-refractivity contribution < 1.29 is 14.6 Å². The molecule has 0 aromatic heterocycles. The number of carbonyl (C=O) groups is 1. The summed E-state index contributed by atoms with van der Waals surface area (Å²) < 4.78 is 5.58. The maximum Gasteiger partial charge on any atom is 0.324 e. The van der Waals surface area contributed by atoms with Crippen molar-refractivity contribution in [3.05, 3.63) is 35.9 Å². The zero-order chi connectivity index (χ0) is 18.9. The maximum absolute atomic E-state index is 11.8. The van der Waals surface area contributed by atoms with Gasteiger partial charge in [0.15, 0.2) is 0 Å². The number of ether oxygens (including phenoxy) is 1. The number of hydrogen-bond donors (Lipinski definition) is 2. The number of likely N-dealkylation sites (tertiary alicyclic amines) is 1. The molecule has 1 saturated heterocycles. The summed E-state index contributed by atoms with van der Waals surface area (Å²) in [7, 11) is 1.78. The quantitative estimate of drug-likeness (QED) is 0.735. The molecule has 0 radical (unpaired) electrons. The van der Waals surface area contributed by atoms with E-state index in [1.165, 1.54) is 12.0 Å². The Morgan fingerprint density at radius 2 is 1.93 bits per heavy atom. The third kappa shape index (κ3) is 3.65. The van der Waals surface area contributed by atoms with Gasteiger partial charge in [0.2, 0.25) is 0 Å². The number of aliphatic carboxylic acids is 1. The molecule has 3 fully saturated rings. The molecular formula is C22H32N2O3. The highest BCUT2D eigenvalue weighted by atomic mass is 16.5. The van der Waals surface area contributed by atoms with Gasteiger partial charge in [-0.2, -0.15) is 0 Å². The second kappa shape index (κ2) is 7.53. The first-order chi connectivity index (χ1) is 13.1. The summed E-state index contributed by atoms with van der Waals surface area (Å²) >= 11 is 0. The van der Waals surface area contributed by atoms with Crippen LogP contribution in [0.1, 0.15) is 50.0 Å². The van der Waals surface area contributed by atoms with E-state index in [2.05, 4.69) is 40.5 Å². The second-order valence-corrected chi connectivity index (χ2v) is 8.85. The van der Waals surface area contributed by atoms with E-state index >= 15 is 0 Å². The number of methoxy groups -OCH3 is 1.